The first-order chi connectivity index (χ1) is 24.9. The largest absolute Gasteiger partial charge is 1.00 e. The Balaban J connectivity index is -0.000000446. The first kappa shape index (κ1) is 63.1. The van der Waals surface area contributed by atoms with Gasteiger partial charge in [-0.1, -0.05) is 0 Å². The zero-order valence-corrected chi connectivity index (χ0v) is 44.6. The summed E-state index contributed by atoms with van der Waals surface area (Å²) in [5, 5.41) is 0. The molecule has 0 aliphatic carbocycles. The molecule has 0 atom stereocenters. The summed E-state index contributed by atoms with van der Waals surface area (Å²) in [6.07, 6.45) is 20.6. The van der Waals surface area contributed by atoms with Gasteiger partial charge in [-0.15, -0.1) is 0 Å². The van der Waals surface area contributed by atoms with Gasteiger partial charge < -0.3 is 0 Å². The average molecular weight is 841 g/mol. The molecular weight excluding hydrogens is 748 g/mol. The van der Waals surface area contributed by atoms with Crippen molar-refractivity contribution in [3.63, 3.8) is 0 Å². The van der Waals surface area contributed by atoms with Crippen molar-refractivity contribution in [1.29, 1.82) is 0 Å². The van der Waals surface area contributed by atoms with Gasteiger partial charge in [0, 0.05) is 0 Å². The Kier molecular flexibility index (Phi) is 38.7. The number of unbranched alkanes of at least 4 members (excludes halogenated alkanes) is 14. The molecule has 14 heteroatoms. The van der Waals surface area contributed by atoms with Crippen LogP contribution in [0.3, 0.4) is 0 Å². The molecule has 0 aliphatic rings. The Hall–Kier alpha value is 2.46. The molecule has 54 heavy (non-hydrogen) atoms. The Bertz CT molecular complexity index is 684. The van der Waals surface area contributed by atoms with Crippen LogP contribution in [0.5, 0.6) is 0 Å². The van der Waals surface area contributed by atoms with E-state index in [1.807, 2.05) is 69.2 Å². The third kappa shape index (κ3) is 19.9. The molecule has 10 nitrogen and oxygen atoms in total. The fourth-order valence-corrected chi connectivity index (χ4v) is 18.1. The van der Waals surface area contributed by atoms with Crippen LogP contribution >= 0.6 is 14.2 Å². The maximum Gasteiger partial charge on any atom is 1.00 e. The molecule has 0 bridgehead atoms. The molecule has 0 rings (SSSR count). The predicted molar refractivity (Wildman–Crippen MR) is 225 cm³/mol. The minimum atomic E-state index is -4.70. The van der Waals surface area contributed by atoms with Crippen LogP contribution < -0.4 is 59.1 Å². The third-order valence-corrected chi connectivity index (χ3v) is 20.3. The van der Waals surface area contributed by atoms with Crippen LogP contribution in [-0.2, 0) is 45.2 Å². The first-order valence-electron chi connectivity index (χ1n) is 21.8. The fourth-order valence-electron chi connectivity index (χ4n) is 7.55. The van der Waals surface area contributed by atoms with Gasteiger partial charge in [0.1, 0.15) is 0 Å². The smallest absolute Gasteiger partial charge is 1.00 e. The second kappa shape index (κ2) is 33.1. The van der Waals surface area contributed by atoms with Gasteiger partial charge in [0.05, 0.1) is 0 Å². The van der Waals surface area contributed by atoms with Crippen LogP contribution in [-0.4, -0.2) is 78.4 Å². The van der Waals surface area contributed by atoms with Gasteiger partial charge in [0.25, 0.3) is 0 Å². The monoisotopic (exact) mass is 841 g/mol. The zero-order valence-electron chi connectivity index (χ0n) is 38.8. The standard InChI is InChI=1S/2C20H46O5P.2Na/c2*1-7-13-14-15-16-17-18-19-20-26(21-8-2,22-9-3,23-10-4,24-11-5)25-12-6;;/h2*7-20H2,1-6H3;;/q2*-1;2*+1. The minimum absolute atomic E-state index is 0. The van der Waals surface area contributed by atoms with E-state index in [1.54, 1.807) is 0 Å². The third-order valence-electron chi connectivity index (χ3n) is 9.25. The Labute approximate surface area is 379 Å². The fraction of sp³-hybridized carbons (Fsp3) is 1.00. The Morgan fingerprint density at radius 1 is 0.222 bits per heavy atom. The maximum atomic E-state index is 6.27. The Morgan fingerprint density at radius 2 is 0.370 bits per heavy atom. The molecule has 0 amide bonds. The van der Waals surface area contributed by atoms with Gasteiger partial charge in [-0.25, -0.2) is 0 Å². The summed E-state index contributed by atoms with van der Waals surface area (Å²) in [6, 6.07) is 0. The van der Waals surface area contributed by atoms with Crippen LogP contribution in [0.2, 0.25) is 0 Å². The van der Waals surface area contributed by atoms with Crippen molar-refractivity contribution in [2.24, 2.45) is 0 Å². The summed E-state index contributed by atoms with van der Waals surface area (Å²) in [5.74, 6) is 0. The maximum absolute atomic E-state index is 6.27. The van der Waals surface area contributed by atoms with E-state index in [2.05, 4.69) is 13.8 Å². The molecular formula is C40H92Na2O10P2. The van der Waals surface area contributed by atoms with E-state index in [9.17, 15) is 0 Å². The van der Waals surface area contributed by atoms with E-state index in [1.165, 1.54) is 77.0 Å². The molecule has 324 valence electrons. The number of hydrogen-bond acceptors (Lipinski definition) is 10. The molecule has 0 aliphatic heterocycles. The molecule has 0 heterocycles. The topological polar surface area (TPSA) is 92.3 Å². The summed E-state index contributed by atoms with van der Waals surface area (Å²) in [5.41, 5.74) is 0. The average Bonchev–Trinajstić information content (AvgIpc) is 3.09. The van der Waals surface area contributed by atoms with E-state index < -0.39 is 14.2 Å². The first-order valence-corrected chi connectivity index (χ1v) is 26.7. The van der Waals surface area contributed by atoms with Crippen LogP contribution in [0.15, 0.2) is 0 Å². The van der Waals surface area contributed by atoms with Crippen molar-refractivity contribution in [3.05, 3.63) is 0 Å². The molecule has 0 aromatic heterocycles. The molecule has 0 unspecified atom stereocenters. The van der Waals surface area contributed by atoms with E-state index in [0.29, 0.717) is 78.4 Å². The molecule has 0 N–H and O–H groups in total. The number of hydrogen-bond donors (Lipinski definition) is 0. The van der Waals surface area contributed by atoms with Crippen molar-refractivity contribution < 1.29 is 104 Å². The second-order valence-electron chi connectivity index (χ2n) is 13.4. The van der Waals surface area contributed by atoms with E-state index >= 15 is 0 Å². The zero-order chi connectivity index (χ0) is 39.7. The van der Waals surface area contributed by atoms with Gasteiger partial charge in [-0.2, -0.15) is 0 Å². The van der Waals surface area contributed by atoms with E-state index in [4.69, 9.17) is 45.2 Å². The van der Waals surface area contributed by atoms with Crippen LogP contribution in [0.25, 0.3) is 0 Å². The normalized spacial score (nSPS) is 14.4. The van der Waals surface area contributed by atoms with Gasteiger partial charge in [0.2, 0.25) is 0 Å². The molecule has 0 saturated heterocycles. The molecule has 0 aromatic carbocycles. The van der Waals surface area contributed by atoms with Gasteiger partial charge >= 0.3 is 383 Å². The van der Waals surface area contributed by atoms with Gasteiger partial charge in [-0.3, -0.25) is 0 Å². The molecule has 0 radical (unpaired) electrons. The molecule has 0 spiro atoms. The number of rotatable bonds is 38. The second-order valence-corrected chi connectivity index (χ2v) is 22.4. The summed E-state index contributed by atoms with van der Waals surface area (Å²) < 4.78 is 62.7. The summed E-state index contributed by atoms with van der Waals surface area (Å²) in [6.45, 7) is 28.1. The SMILES string of the molecule is CCCCCCCCCC[P-](OCC)(OCC)(OCC)(OCC)OCC.CCCCCCCCCC[P-](OCC)(OCC)(OCC)(OCC)OCC.[Na+].[Na+]. The summed E-state index contributed by atoms with van der Waals surface area (Å²) in [7, 11) is -9.40. The van der Waals surface area contributed by atoms with Gasteiger partial charge in [-0.05, 0) is 0 Å². The van der Waals surface area contributed by atoms with Crippen molar-refractivity contribution in [3.8, 4) is 0 Å². The quantitative estimate of drug-likeness (QED) is 0.0347. The molecule has 0 saturated carbocycles. The van der Waals surface area contributed by atoms with Crippen molar-refractivity contribution in [2.75, 3.05) is 78.4 Å². The van der Waals surface area contributed by atoms with Crippen LogP contribution in [0.4, 0.5) is 0 Å². The van der Waals surface area contributed by atoms with Gasteiger partial charge in [0.15, 0.2) is 0 Å². The molecule has 0 fully saturated rings. The summed E-state index contributed by atoms with van der Waals surface area (Å²) in [4.78, 5) is 0. The Morgan fingerprint density at radius 3 is 0.519 bits per heavy atom. The molecule has 0 aromatic rings. The van der Waals surface area contributed by atoms with Crippen molar-refractivity contribution >= 4 is 14.2 Å². The van der Waals surface area contributed by atoms with Crippen LogP contribution in [0.1, 0.15) is 186 Å². The minimum Gasteiger partial charge on any atom is 1.00 e. The van der Waals surface area contributed by atoms with Crippen molar-refractivity contribution in [1.82, 2.24) is 0 Å². The van der Waals surface area contributed by atoms with Crippen LogP contribution in [0, 0.1) is 0 Å². The van der Waals surface area contributed by atoms with Crippen molar-refractivity contribution in [2.45, 2.75) is 186 Å². The predicted octanol–water partition coefficient (Wildman–Crippen LogP) is 7.96. The van der Waals surface area contributed by atoms with E-state index in [-0.39, 0.29) is 59.1 Å². The van der Waals surface area contributed by atoms with E-state index in [0.717, 1.165) is 25.7 Å². The summed E-state index contributed by atoms with van der Waals surface area (Å²) >= 11 is 0.